The first-order valence-corrected chi connectivity index (χ1v) is 12.4. The second kappa shape index (κ2) is 10.8. The summed E-state index contributed by atoms with van der Waals surface area (Å²) < 4.78 is 34.0. The van der Waals surface area contributed by atoms with Gasteiger partial charge in [-0.25, -0.2) is 8.42 Å². The summed E-state index contributed by atoms with van der Waals surface area (Å²) >= 11 is 0. The molecule has 4 rings (SSSR count). The summed E-state index contributed by atoms with van der Waals surface area (Å²) in [5.41, 5.74) is 2.10. The Bertz CT molecular complexity index is 1360. The maximum Gasteiger partial charge on any atom is 0.264 e. The molecule has 3 aromatic carbocycles. The minimum Gasteiger partial charge on any atom is -0.457 e. The van der Waals surface area contributed by atoms with Gasteiger partial charge in [-0.1, -0.05) is 42.0 Å². The van der Waals surface area contributed by atoms with Crippen molar-refractivity contribution in [1.29, 1.82) is 0 Å². The molecule has 0 fully saturated rings. The van der Waals surface area contributed by atoms with Crippen molar-refractivity contribution >= 4 is 21.6 Å². The van der Waals surface area contributed by atoms with Crippen molar-refractivity contribution in [2.75, 3.05) is 10.8 Å². The molecule has 1 amide bonds. The van der Waals surface area contributed by atoms with Crippen LogP contribution in [0.15, 0.2) is 108 Å². The number of aryl methyl sites for hydroxylation is 1. The fourth-order valence-corrected chi connectivity index (χ4v) is 4.77. The van der Waals surface area contributed by atoms with Crippen LogP contribution < -0.4 is 14.4 Å². The molecule has 1 N–H and O–H groups in total. The number of benzene rings is 3. The normalized spacial score (nSPS) is 11.0. The number of carbonyl (C=O) groups excluding carboxylic acids is 1. The number of anilines is 1. The van der Waals surface area contributed by atoms with Gasteiger partial charge >= 0.3 is 0 Å². The van der Waals surface area contributed by atoms with Gasteiger partial charge in [0.05, 0.1) is 10.6 Å². The summed E-state index contributed by atoms with van der Waals surface area (Å²) in [5.74, 6) is 0.780. The molecule has 0 saturated carbocycles. The molecule has 35 heavy (non-hydrogen) atoms. The van der Waals surface area contributed by atoms with Crippen molar-refractivity contribution in [2.24, 2.45) is 0 Å². The van der Waals surface area contributed by atoms with Gasteiger partial charge in [-0.3, -0.25) is 14.1 Å². The van der Waals surface area contributed by atoms with E-state index in [0.717, 1.165) is 15.4 Å². The second-order valence-electron chi connectivity index (χ2n) is 7.87. The second-order valence-corrected chi connectivity index (χ2v) is 9.73. The molecule has 0 aliphatic heterocycles. The number of para-hydroxylation sites is 1. The molecule has 8 heteroatoms. The fraction of sp³-hybridized carbons (Fsp3) is 0.111. The van der Waals surface area contributed by atoms with Crippen LogP contribution in [-0.4, -0.2) is 25.9 Å². The third-order valence-electron chi connectivity index (χ3n) is 5.21. The monoisotopic (exact) mass is 487 g/mol. The lowest BCUT2D eigenvalue weighted by Gasteiger charge is -2.24. The molecule has 0 aliphatic rings. The van der Waals surface area contributed by atoms with Gasteiger partial charge < -0.3 is 10.1 Å². The molecule has 0 bridgehead atoms. The molecule has 0 aliphatic carbocycles. The number of hydrogen-bond acceptors (Lipinski definition) is 5. The van der Waals surface area contributed by atoms with Crippen molar-refractivity contribution < 1.29 is 17.9 Å². The van der Waals surface area contributed by atoms with Crippen LogP contribution in [0.3, 0.4) is 0 Å². The molecule has 0 spiro atoms. The Labute approximate surface area is 205 Å². The van der Waals surface area contributed by atoms with Gasteiger partial charge in [0.25, 0.3) is 10.0 Å². The average Bonchev–Trinajstić information content (AvgIpc) is 2.88. The Morgan fingerprint density at radius 3 is 2.23 bits per heavy atom. The quantitative estimate of drug-likeness (QED) is 0.370. The minimum absolute atomic E-state index is 0.104. The average molecular weight is 488 g/mol. The zero-order chi connectivity index (χ0) is 24.7. The first-order chi connectivity index (χ1) is 16.9. The molecule has 0 atom stereocenters. The minimum atomic E-state index is -4.00. The van der Waals surface area contributed by atoms with E-state index in [4.69, 9.17) is 4.74 Å². The number of hydrogen-bond donors (Lipinski definition) is 1. The number of nitrogens with one attached hydrogen (secondary N) is 1. The van der Waals surface area contributed by atoms with E-state index < -0.39 is 15.9 Å². The number of nitrogens with zero attached hydrogens (tertiary/aromatic N) is 2. The van der Waals surface area contributed by atoms with Gasteiger partial charge in [0.2, 0.25) is 5.91 Å². The molecule has 4 aromatic rings. The highest BCUT2D eigenvalue weighted by molar-refractivity contribution is 7.92. The lowest BCUT2D eigenvalue weighted by molar-refractivity contribution is -0.119. The van der Waals surface area contributed by atoms with Crippen molar-refractivity contribution in [3.05, 3.63) is 115 Å². The van der Waals surface area contributed by atoms with Crippen LogP contribution in [-0.2, 0) is 21.4 Å². The lowest BCUT2D eigenvalue weighted by Crippen LogP contribution is -2.40. The Balaban J connectivity index is 1.58. The molecule has 1 heterocycles. The molecular weight excluding hydrogens is 462 g/mol. The first kappa shape index (κ1) is 24.0. The summed E-state index contributed by atoms with van der Waals surface area (Å²) in [7, 11) is -4.00. The van der Waals surface area contributed by atoms with Gasteiger partial charge in [0, 0.05) is 18.9 Å². The highest BCUT2D eigenvalue weighted by Crippen LogP contribution is 2.28. The van der Waals surface area contributed by atoms with Crippen LogP contribution in [0.2, 0.25) is 0 Å². The van der Waals surface area contributed by atoms with Crippen LogP contribution in [0.1, 0.15) is 11.1 Å². The highest BCUT2D eigenvalue weighted by atomic mass is 32.2. The third kappa shape index (κ3) is 6.24. The van der Waals surface area contributed by atoms with Gasteiger partial charge in [-0.2, -0.15) is 0 Å². The summed E-state index contributed by atoms with van der Waals surface area (Å²) in [4.78, 5) is 16.9. The van der Waals surface area contributed by atoms with Crippen LogP contribution in [0.5, 0.6) is 11.5 Å². The standard InChI is InChI=1S/C27H25N3O4S/c1-21-9-15-26(16-10-21)35(32,33)30(20-27(31)29-19-22-6-5-17-28-18-22)23-11-13-25(14-12-23)34-24-7-3-2-4-8-24/h2-18H,19-20H2,1H3,(H,29,31). The van der Waals surface area contributed by atoms with E-state index in [1.165, 1.54) is 12.1 Å². The van der Waals surface area contributed by atoms with Crippen LogP contribution in [0.25, 0.3) is 0 Å². The molecule has 0 radical (unpaired) electrons. The van der Waals surface area contributed by atoms with E-state index in [1.54, 1.807) is 54.9 Å². The number of sulfonamides is 1. The SMILES string of the molecule is Cc1ccc(S(=O)(=O)N(CC(=O)NCc2cccnc2)c2ccc(Oc3ccccc3)cc2)cc1. The van der Waals surface area contributed by atoms with Crippen LogP contribution >= 0.6 is 0 Å². The number of carbonyl (C=O) groups is 1. The van der Waals surface area contributed by atoms with Gasteiger partial charge in [-0.15, -0.1) is 0 Å². The largest absolute Gasteiger partial charge is 0.457 e. The number of rotatable bonds is 9. The zero-order valence-corrected chi connectivity index (χ0v) is 20.0. The van der Waals surface area contributed by atoms with E-state index in [9.17, 15) is 13.2 Å². The lowest BCUT2D eigenvalue weighted by atomic mass is 10.2. The Kier molecular flexibility index (Phi) is 7.42. The summed E-state index contributed by atoms with van der Waals surface area (Å²) in [6.45, 7) is 1.75. The number of pyridine rings is 1. The predicted molar refractivity (Wildman–Crippen MR) is 135 cm³/mol. The molecule has 7 nitrogen and oxygen atoms in total. The smallest absolute Gasteiger partial charge is 0.264 e. The van der Waals surface area contributed by atoms with E-state index in [2.05, 4.69) is 10.3 Å². The van der Waals surface area contributed by atoms with Crippen molar-refractivity contribution in [2.45, 2.75) is 18.4 Å². The Morgan fingerprint density at radius 2 is 1.57 bits per heavy atom. The van der Waals surface area contributed by atoms with Gasteiger partial charge in [-0.05, 0) is 67.1 Å². The maximum atomic E-state index is 13.5. The molecule has 1 aromatic heterocycles. The molecule has 0 saturated heterocycles. The Morgan fingerprint density at radius 1 is 0.886 bits per heavy atom. The molecule has 0 unspecified atom stereocenters. The van der Waals surface area contributed by atoms with E-state index in [1.807, 2.05) is 43.3 Å². The predicted octanol–water partition coefficient (Wildman–Crippen LogP) is 4.69. The van der Waals surface area contributed by atoms with Gasteiger partial charge in [0.1, 0.15) is 18.0 Å². The van der Waals surface area contributed by atoms with Crippen molar-refractivity contribution in [3.63, 3.8) is 0 Å². The zero-order valence-electron chi connectivity index (χ0n) is 19.2. The number of amides is 1. The van der Waals surface area contributed by atoms with Crippen LogP contribution in [0.4, 0.5) is 5.69 Å². The van der Waals surface area contributed by atoms with E-state index in [-0.39, 0.29) is 18.0 Å². The number of aromatic nitrogens is 1. The Hall–Kier alpha value is -4.17. The topological polar surface area (TPSA) is 88.6 Å². The van der Waals surface area contributed by atoms with Crippen molar-refractivity contribution in [3.8, 4) is 11.5 Å². The first-order valence-electron chi connectivity index (χ1n) is 11.0. The van der Waals surface area contributed by atoms with Gasteiger partial charge in [0.15, 0.2) is 0 Å². The summed E-state index contributed by atoms with van der Waals surface area (Å²) in [6, 6.07) is 26.0. The van der Waals surface area contributed by atoms with E-state index >= 15 is 0 Å². The summed E-state index contributed by atoms with van der Waals surface area (Å²) in [6.07, 6.45) is 3.29. The molecular formula is C27H25N3O4S. The maximum absolute atomic E-state index is 13.5. The third-order valence-corrected chi connectivity index (χ3v) is 7.00. The fourth-order valence-electron chi connectivity index (χ4n) is 3.35. The molecule has 178 valence electrons. The van der Waals surface area contributed by atoms with Crippen molar-refractivity contribution in [1.82, 2.24) is 10.3 Å². The van der Waals surface area contributed by atoms with Crippen LogP contribution in [0, 0.1) is 6.92 Å². The highest BCUT2D eigenvalue weighted by Gasteiger charge is 2.27. The summed E-state index contributed by atoms with van der Waals surface area (Å²) in [5, 5.41) is 2.77. The van der Waals surface area contributed by atoms with E-state index in [0.29, 0.717) is 17.2 Å². The number of ether oxygens (including phenoxy) is 1.